The van der Waals surface area contributed by atoms with Gasteiger partial charge in [0.1, 0.15) is 24.4 Å². The van der Waals surface area contributed by atoms with Crippen LogP contribution in [0.4, 0.5) is 0 Å². The molecule has 1 heterocycles. The van der Waals surface area contributed by atoms with Gasteiger partial charge in [-0.05, 0) is 12.0 Å². The van der Waals surface area contributed by atoms with Crippen LogP contribution in [0.1, 0.15) is 96.8 Å². The molecule has 0 radical (unpaired) electrons. The fourth-order valence-corrected chi connectivity index (χ4v) is 4.39. The summed E-state index contributed by atoms with van der Waals surface area (Å²) in [5.41, 5.74) is 8.76. The SMILES string of the molecule is CCCCCCCCCCCCCCCCOC[C@@H](CO[C@H]1O[C@H](CO)[C@@H](O)[C@H](O)[C@H]1N=[N+]=[N-])OC. The maximum absolute atomic E-state index is 10.2. The van der Waals surface area contributed by atoms with Gasteiger partial charge in [0.05, 0.1) is 25.9 Å². The first-order valence-corrected chi connectivity index (χ1v) is 14.0. The largest absolute Gasteiger partial charge is 0.394 e. The van der Waals surface area contributed by atoms with Crippen molar-refractivity contribution in [2.45, 2.75) is 134 Å². The average molecular weight is 518 g/mol. The number of azide groups is 1. The molecule has 0 aromatic carbocycles. The summed E-state index contributed by atoms with van der Waals surface area (Å²) in [5, 5.41) is 33.0. The zero-order chi connectivity index (χ0) is 26.4. The topological polar surface area (TPSA) is 146 Å². The first-order chi connectivity index (χ1) is 17.6. The Hall–Kier alpha value is -0.970. The van der Waals surface area contributed by atoms with Crippen LogP contribution in [-0.2, 0) is 18.9 Å². The molecule has 1 aliphatic heterocycles. The van der Waals surface area contributed by atoms with Gasteiger partial charge in [-0.25, -0.2) is 0 Å². The highest BCUT2D eigenvalue weighted by molar-refractivity contribution is 4.93. The van der Waals surface area contributed by atoms with Gasteiger partial charge in [0.25, 0.3) is 0 Å². The van der Waals surface area contributed by atoms with E-state index in [1.54, 1.807) is 7.11 Å². The van der Waals surface area contributed by atoms with Crippen LogP contribution in [0.15, 0.2) is 5.11 Å². The van der Waals surface area contributed by atoms with E-state index in [9.17, 15) is 15.3 Å². The third-order valence-corrected chi connectivity index (χ3v) is 6.76. The van der Waals surface area contributed by atoms with Crippen LogP contribution in [0.5, 0.6) is 0 Å². The number of methoxy groups -OCH3 is 1. The van der Waals surface area contributed by atoms with E-state index < -0.39 is 37.3 Å². The lowest BCUT2D eigenvalue weighted by Gasteiger charge is -2.40. The molecule has 0 unspecified atom stereocenters. The lowest BCUT2D eigenvalue weighted by atomic mass is 9.98. The van der Waals surface area contributed by atoms with E-state index >= 15 is 0 Å². The minimum atomic E-state index is -1.41. The molecule has 1 fully saturated rings. The molecule has 0 amide bonds. The summed E-state index contributed by atoms with van der Waals surface area (Å²) in [5.74, 6) is 0. The molecule has 36 heavy (non-hydrogen) atoms. The maximum atomic E-state index is 10.2. The van der Waals surface area contributed by atoms with Crippen molar-refractivity contribution in [3.05, 3.63) is 10.4 Å². The first kappa shape index (κ1) is 33.1. The molecule has 1 rings (SSSR count). The van der Waals surface area contributed by atoms with Crippen LogP contribution >= 0.6 is 0 Å². The monoisotopic (exact) mass is 517 g/mol. The minimum absolute atomic E-state index is 0.0817. The summed E-state index contributed by atoms with van der Waals surface area (Å²) in [7, 11) is 1.55. The Balaban J connectivity index is 2.07. The molecule has 6 atom stereocenters. The third kappa shape index (κ3) is 14.1. The fraction of sp³-hybridized carbons (Fsp3) is 1.00. The van der Waals surface area contributed by atoms with Crippen molar-refractivity contribution in [1.82, 2.24) is 0 Å². The molecule has 3 N–H and O–H groups in total. The molecule has 0 saturated carbocycles. The molecular formula is C26H51N3O7. The predicted molar refractivity (Wildman–Crippen MR) is 139 cm³/mol. The summed E-state index contributed by atoms with van der Waals surface area (Å²) < 4.78 is 22.2. The zero-order valence-corrected chi connectivity index (χ0v) is 22.5. The second kappa shape index (κ2) is 22.1. The van der Waals surface area contributed by atoms with Gasteiger partial charge in [0.15, 0.2) is 6.29 Å². The average Bonchev–Trinajstić information content (AvgIpc) is 2.89. The summed E-state index contributed by atoms with van der Waals surface area (Å²) in [6.45, 7) is 2.82. The number of rotatable bonds is 23. The predicted octanol–water partition coefficient (Wildman–Crippen LogP) is 4.63. The Morgan fingerprint density at radius 1 is 0.861 bits per heavy atom. The van der Waals surface area contributed by atoms with Gasteiger partial charge in [0, 0.05) is 18.6 Å². The van der Waals surface area contributed by atoms with Gasteiger partial charge in [0.2, 0.25) is 0 Å². The zero-order valence-electron chi connectivity index (χ0n) is 22.5. The Kier molecular flexibility index (Phi) is 20.3. The van der Waals surface area contributed by atoms with E-state index in [0.29, 0.717) is 13.2 Å². The molecule has 1 aliphatic rings. The van der Waals surface area contributed by atoms with Crippen molar-refractivity contribution < 1.29 is 34.3 Å². The van der Waals surface area contributed by atoms with Crippen molar-refractivity contribution >= 4 is 0 Å². The van der Waals surface area contributed by atoms with Gasteiger partial charge in [-0.2, -0.15) is 0 Å². The third-order valence-electron chi connectivity index (χ3n) is 6.76. The highest BCUT2D eigenvalue weighted by Crippen LogP contribution is 2.25. The van der Waals surface area contributed by atoms with Crippen LogP contribution in [-0.4, -0.2) is 85.6 Å². The number of hydrogen-bond donors (Lipinski definition) is 3. The second-order valence-electron chi connectivity index (χ2n) is 9.76. The van der Waals surface area contributed by atoms with Crippen molar-refractivity contribution in [2.24, 2.45) is 5.11 Å². The van der Waals surface area contributed by atoms with E-state index in [1.165, 1.54) is 77.0 Å². The second-order valence-corrected chi connectivity index (χ2v) is 9.76. The Morgan fingerprint density at radius 3 is 1.92 bits per heavy atom. The van der Waals surface area contributed by atoms with Gasteiger partial charge in [-0.15, -0.1) is 0 Å². The highest BCUT2D eigenvalue weighted by atomic mass is 16.7. The van der Waals surface area contributed by atoms with Gasteiger partial charge >= 0.3 is 0 Å². The van der Waals surface area contributed by atoms with Gasteiger partial charge in [-0.3, -0.25) is 0 Å². The van der Waals surface area contributed by atoms with E-state index in [4.69, 9.17) is 24.5 Å². The summed E-state index contributed by atoms with van der Waals surface area (Å²) in [6, 6.07) is -1.14. The van der Waals surface area contributed by atoms with Crippen LogP contribution in [0, 0.1) is 0 Å². The fourth-order valence-electron chi connectivity index (χ4n) is 4.39. The number of hydrogen-bond acceptors (Lipinski definition) is 8. The molecule has 212 valence electrons. The smallest absolute Gasteiger partial charge is 0.169 e. The Labute approximate surface area is 217 Å². The quantitative estimate of drug-likeness (QED) is 0.0774. The molecule has 10 heteroatoms. The molecule has 10 nitrogen and oxygen atoms in total. The van der Waals surface area contributed by atoms with Crippen LogP contribution < -0.4 is 0 Å². The van der Waals surface area contributed by atoms with Gasteiger partial charge < -0.3 is 34.3 Å². The number of nitrogens with zero attached hydrogens (tertiary/aromatic N) is 3. The standard InChI is InChI=1S/C26H51N3O7/c1-3-4-5-6-7-8-9-10-11-12-13-14-15-16-17-34-19-21(33-2)20-35-26-23(28-29-27)25(32)24(31)22(18-30)36-26/h21-26,30-32H,3-20H2,1-2H3/t21-,22+,23+,24+,25+,26-/m0/s1. The van der Waals surface area contributed by atoms with Crippen LogP contribution in [0.25, 0.3) is 10.4 Å². The van der Waals surface area contributed by atoms with Crippen molar-refractivity contribution in [1.29, 1.82) is 0 Å². The van der Waals surface area contributed by atoms with Crippen LogP contribution in [0.2, 0.25) is 0 Å². The Morgan fingerprint density at radius 2 is 1.42 bits per heavy atom. The summed E-state index contributed by atoms with van der Waals surface area (Å²) in [4.78, 5) is 2.69. The molecule has 0 aromatic rings. The van der Waals surface area contributed by atoms with Crippen molar-refractivity contribution in [3.63, 3.8) is 0 Å². The van der Waals surface area contributed by atoms with Gasteiger partial charge in [-0.1, -0.05) is 95.5 Å². The molecule has 0 aliphatic carbocycles. The first-order valence-electron chi connectivity index (χ1n) is 14.0. The maximum Gasteiger partial charge on any atom is 0.169 e. The Bertz CT molecular complexity index is 566. The summed E-state index contributed by atoms with van der Waals surface area (Å²) in [6.07, 6.45) is 13.1. The molecule has 0 bridgehead atoms. The van der Waals surface area contributed by atoms with Crippen molar-refractivity contribution in [2.75, 3.05) is 33.5 Å². The highest BCUT2D eigenvalue weighted by Gasteiger charge is 2.44. The number of aliphatic hydroxyl groups excluding tert-OH is 3. The van der Waals surface area contributed by atoms with E-state index in [0.717, 1.165) is 12.8 Å². The summed E-state index contributed by atoms with van der Waals surface area (Å²) >= 11 is 0. The molecule has 0 aromatic heterocycles. The van der Waals surface area contributed by atoms with Crippen molar-refractivity contribution in [3.8, 4) is 0 Å². The number of unbranched alkanes of at least 4 members (excludes halogenated alkanes) is 13. The van der Waals surface area contributed by atoms with E-state index in [1.807, 2.05) is 0 Å². The lowest BCUT2D eigenvalue weighted by Crippen LogP contribution is -2.58. The number of aliphatic hydroxyl groups is 3. The number of ether oxygens (including phenoxy) is 4. The normalized spacial score (nSPS) is 25.0. The minimum Gasteiger partial charge on any atom is -0.394 e. The lowest BCUT2D eigenvalue weighted by molar-refractivity contribution is -0.271. The molecule has 0 spiro atoms. The van der Waals surface area contributed by atoms with Crippen LogP contribution in [0.3, 0.4) is 0 Å². The molecule has 1 saturated heterocycles. The van der Waals surface area contributed by atoms with E-state index in [-0.39, 0.29) is 12.7 Å². The van der Waals surface area contributed by atoms with E-state index in [2.05, 4.69) is 16.9 Å². The molecular weight excluding hydrogens is 466 g/mol.